The van der Waals surface area contributed by atoms with Crippen molar-refractivity contribution in [2.45, 2.75) is 26.4 Å². The molecular weight excluding hydrogens is 308 g/mol. The summed E-state index contributed by atoms with van der Waals surface area (Å²) in [6, 6.07) is 9.19. The molecule has 0 saturated carbocycles. The fourth-order valence-electron chi connectivity index (χ4n) is 2.32. The van der Waals surface area contributed by atoms with Crippen LogP contribution < -0.4 is 5.32 Å². The van der Waals surface area contributed by atoms with E-state index in [1.54, 1.807) is 48.3 Å². The third-order valence-electron chi connectivity index (χ3n) is 3.70. The summed E-state index contributed by atoms with van der Waals surface area (Å²) in [4.78, 5) is 26.4. The van der Waals surface area contributed by atoms with Gasteiger partial charge in [0.05, 0.1) is 6.26 Å². The van der Waals surface area contributed by atoms with Crippen LogP contribution >= 0.6 is 0 Å². The lowest BCUT2D eigenvalue weighted by molar-refractivity contribution is -0.133. The molecule has 1 unspecified atom stereocenters. The van der Waals surface area contributed by atoms with Crippen LogP contribution in [-0.2, 0) is 11.3 Å². The third kappa shape index (κ3) is 4.38. The third-order valence-corrected chi connectivity index (χ3v) is 3.70. The quantitative estimate of drug-likeness (QED) is 0.852. The van der Waals surface area contributed by atoms with E-state index in [1.165, 1.54) is 6.26 Å². The van der Waals surface area contributed by atoms with Gasteiger partial charge >= 0.3 is 0 Å². The highest BCUT2D eigenvalue weighted by atomic mass is 16.3. The first-order valence-electron chi connectivity index (χ1n) is 7.75. The predicted molar refractivity (Wildman–Crippen MR) is 89.4 cm³/mol. The Morgan fingerprint density at radius 1 is 1.21 bits per heavy atom. The van der Waals surface area contributed by atoms with Gasteiger partial charge in [0.25, 0.3) is 5.91 Å². The van der Waals surface area contributed by atoms with Crippen molar-refractivity contribution in [1.82, 2.24) is 10.2 Å². The van der Waals surface area contributed by atoms with Gasteiger partial charge in [-0.05, 0) is 35.7 Å². The topological polar surface area (TPSA) is 82.8 Å². The lowest BCUT2D eigenvalue weighted by Gasteiger charge is -2.27. The summed E-state index contributed by atoms with van der Waals surface area (Å²) in [6.07, 6.45) is 1.41. The molecule has 6 heteroatoms. The largest absolute Gasteiger partial charge is 0.508 e. The lowest BCUT2D eigenvalue weighted by atomic mass is 10.0. The van der Waals surface area contributed by atoms with E-state index < -0.39 is 11.9 Å². The Bertz CT molecular complexity index is 678. The molecule has 0 aliphatic heterocycles. The first kappa shape index (κ1) is 17.6. The summed E-state index contributed by atoms with van der Waals surface area (Å²) in [6.45, 7) is 4.14. The Kier molecular flexibility index (Phi) is 5.63. The Balaban J connectivity index is 2.04. The van der Waals surface area contributed by atoms with E-state index in [9.17, 15) is 14.7 Å². The monoisotopic (exact) mass is 330 g/mol. The predicted octanol–water partition coefficient (Wildman–Crippen LogP) is 2.40. The number of phenols is 1. The second kappa shape index (κ2) is 7.68. The van der Waals surface area contributed by atoms with Crippen LogP contribution in [0.25, 0.3) is 0 Å². The molecule has 0 fully saturated rings. The normalized spacial score (nSPS) is 12.0. The second-order valence-electron chi connectivity index (χ2n) is 6.03. The number of carbonyl (C=O) groups excluding carboxylic acids is 2. The number of hydrogen-bond donors (Lipinski definition) is 2. The van der Waals surface area contributed by atoms with Crippen molar-refractivity contribution in [1.29, 1.82) is 0 Å². The molecular formula is C18H22N2O4. The van der Waals surface area contributed by atoms with Gasteiger partial charge in [-0.2, -0.15) is 0 Å². The maximum absolute atomic E-state index is 12.7. The van der Waals surface area contributed by atoms with Crippen molar-refractivity contribution >= 4 is 11.8 Å². The molecule has 0 radical (unpaired) electrons. The van der Waals surface area contributed by atoms with Crippen molar-refractivity contribution < 1.29 is 19.1 Å². The molecule has 0 aliphatic carbocycles. The van der Waals surface area contributed by atoms with Crippen LogP contribution in [-0.4, -0.2) is 34.9 Å². The van der Waals surface area contributed by atoms with Gasteiger partial charge in [-0.25, -0.2) is 0 Å². The Morgan fingerprint density at radius 3 is 2.42 bits per heavy atom. The summed E-state index contributed by atoms with van der Waals surface area (Å²) >= 11 is 0. The number of likely N-dealkylation sites (N-methyl/N-ethyl adjacent to an activating group) is 1. The smallest absolute Gasteiger partial charge is 0.287 e. The molecule has 1 atom stereocenters. The first-order chi connectivity index (χ1) is 11.4. The van der Waals surface area contributed by atoms with Crippen LogP contribution in [0.3, 0.4) is 0 Å². The van der Waals surface area contributed by atoms with Crippen molar-refractivity contribution in [3.63, 3.8) is 0 Å². The van der Waals surface area contributed by atoms with Gasteiger partial charge in [0.1, 0.15) is 11.8 Å². The van der Waals surface area contributed by atoms with Gasteiger partial charge in [-0.3, -0.25) is 9.59 Å². The number of nitrogens with zero attached hydrogens (tertiary/aromatic N) is 1. The zero-order valence-corrected chi connectivity index (χ0v) is 14.0. The Labute approximate surface area is 141 Å². The molecule has 0 bridgehead atoms. The molecule has 2 aromatic rings. The number of rotatable bonds is 6. The molecule has 2 N–H and O–H groups in total. The minimum Gasteiger partial charge on any atom is -0.508 e. The van der Waals surface area contributed by atoms with Crippen LogP contribution in [0.1, 0.15) is 30.0 Å². The molecule has 2 amide bonds. The average Bonchev–Trinajstić information content (AvgIpc) is 3.08. The molecule has 24 heavy (non-hydrogen) atoms. The minimum absolute atomic E-state index is 0.0707. The lowest BCUT2D eigenvalue weighted by Crippen LogP contribution is -2.49. The molecule has 0 spiro atoms. The van der Waals surface area contributed by atoms with Crippen LogP contribution in [0.2, 0.25) is 0 Å². The summed E-state index contributed by atoms with van der Waals surface area (Å²) in [7, 11) is 1.68. The Hall–Kier alpha value is -2.76. The van der Waals surface area contributed by atoms with E-state index in [1.807, 2.05) is 13.8 Å². The molecule has 2 rings (SSSR count). The average molecular weight is 330 g/mol. The summed E-state index contributed by atoms with van der Waals surface area (Å²) in [5, 5.41) is 12.0. The molecule has 6 nitrogen and oxygen atoms in total. The molecule has 1 heterocycles. The van der Waals surface area contributed by atoms with E-state index in [-0.39, 0.29) is 23.3 Å². The van der Waals surface area contributed by atoms with Gasteiger partial charge in [0, 0.05) is 13.6 Å². The van der Waals surface area contributed by atoms with E-state index in [4.69, 9.17) is 4.42 Å². The van der Waals surface area contributed by atoms with Crippen molar-refractivity contribution in [3.8, 4) is 5.75 Å². The van der Waals surface area contributed by atoms with Crippen molar-refractivity contribution in [2.75, 3.05) is 7.05 Å². The molecule has 1 aromatic heterocycles. The summed E-state index contributed by atoms with van der Waals surface area (Å²) in [5.41, 5.74) is 0.892. The first-order valence-corrected chi connectivity index (χ1v) is 7.75. The van der Waals surface area contributed by atoms with Gasteiger partial charge in [0.2, 0.25) is 5.91 Å². The molecule has 0 saturated heterocycles. The van der Waals surface area contributed by atoms with Crippen LogP contribution in [0.5, 0.6) is 5.75 Å². The number of amides is 2. The highest BCUT2D eigenvalue weighted by Crippen LogP contribution is 2.13. The maximum Gasteiger partial charge on any atom is 0.287 e. The summed E-state index contributed by atoms with van der Waals surface area (Å²) in [5.74, 6) is -0.310. The summed E-state index contributed by atoms with van der Waals surface area (Å²) < 4.78 is 5.06. The SMILES string of the molecule is CC(C)C(NC(=O)c1ccco1)C(=O)N(C)Cc1ccc(O)cc1. The highest BCUT2D eigenvalue weighted by Gasteiger charge is 2.28. The number of nitrogens with one attached hydrogen (secondary N) is 1. The van der Waals surface area contributed by atoms with Gasteiger partial charge < -0.3 is 19.7 Å². The van der Waals surface area contributed by atoms with E-state index in [0.29, 0.717) is 6.54 Å². The standard InChI is InChI=1S/C18H22N2O4/c1-12(2)16(19-17(22)15-5-4-10-24-15)18(23)20(3)11-13-6-8-14(21)9-7-13/h4-10,12,16,21H,11H2,1-3H3,(H,19,22). The fourth-order valence-corrected chi connectivity index (χ4v) is 2.32. The number of furan rings is 1. The van der Waals surface area contributed by atoms with Crippen LogP contribution in [0.15, 0.2) is 47.1 Å². The number of hydrogen-bond acceptors (Lipinski definition) is 4. The fraction of sp³-hybridized carbons (Fsp3) is 0.333. The van der Waals surface area contributed by atoms with E-state index in [2.05, 4.69) is 5.32 Å². The van der Waals surface area contributed by atoms with Gasteiger partial charge in [-0.15, -0.1) is 0 Å². The number of phenolic OH excluding ortho intramolecular Hbond substituents is 1. The molecule has 0 aliphatic rings. The number of carbonyl (C=O) groups is 2. The van der Waals surface area contributed by atoms with E-state index >= 15 is 0 Å². The minimum atomic E-state index is -0.648. The van der Waals surface area contributed by atoms with Crippen molar-refractivity contribution in [2.24, 2.45) is 5.92 Å². The number of aromatic hydroxyl groups is 1. The molecule has 1 aromatic carbocycles. The second-order valence-corrected chi connectivity index (χ2v) is 6.03. The van der Waals surface area contributed by atoms with Gasteiger partial charge in [0.15, 0.2) is 5.76 Å². The van der Waals surface area contributed by atoms with Crippen molar-refractivity contribution in [3.05, 3.63) is 54.0 Å². The Morgan fingerprint density at radius 2 is 1.88 bits per heavy atom. The molecule has 128 valence electrons. The van der Waals surface area contributed by atoms with Gasteiger partial charge in [-0.1, -0.05) is 26.0 Å². The zero-order valence-electron chi connectivity index (χ0n) is 14.0. The highest BCUT2D eigenvalue weighted by molar-refractivity contribution is 5.95. The van der Waals surface area contributed by atoms with E-state index in [0.717, 1.165) is 5.56 Å². The van der Waals surface area contributed by atoms with Crippen LogP contribution in [0.4, 0.5) is 0 Å². The number of benzene rings is 1. The maximum atomic E-state index is 12.7. The van der Waals surface area contributed by atoms with Crippen LogP contribution in [0, 0.1) is 5.92 Å². The zero-order chi connectivity index (χ0) is 17.7.